The molecule has 0 radical (unpaired) electrons. The van der Waals surface area contributed by atoms with Crippen LogP contribution in [0.4, 0.5) is 0 Å². The van der Waals surface area contributed by atoms with Gasteiger partial charge in [-0.2, -0.15) is 0 Å². The van der Waals surface area contributed by atoms with Crippen molar-refractivity contribution in [3.8, 4) is 5.75 Å². The van der Waals surface area contributed by atoms with Crippen molar-refractivity contribution in [3.05, 3.63) is 29.3 Å². The molecule has 3 atom stereocenters. The van der Waals surface area contributed by atoms with Gasteiger partial charge < -0.3 is 10.0 Å². The molecular formula is C22H34N2O. The Kier molecular flexibility index (Phi) is 4.81. The van der Waals surface area contributed by atoms with E-state index in [2.05, 4.69) is 35.8 Å². The van der Waals surface area contributed by atoms with Gasteiger partial charge in [-0.1, -0.05) is 32.8 Å². The van der Waals surface area contributed by atoms with Crippen molar-refractivity contribution in [1.29, 1.82) is 0 Å². The molecule has 1 heterocycles. The van der Waals surface area contributed by atoms with Crippen molar-refractivity contribution in [2.45, 2.75) is 63.8 Å². The first-order chi connectivity index (χ1) is 12.2. The van der Waals surface area contributed by atoms with Crippen molar-refractivity contribution < 1.29 is 5.11 Å². The maximum atomic E-state index is 10.1. The highest BCUT2D eigenvalue weighted by molar-refractivity contribution is 5.45. The van der Waals surface area contributed by atoms with Crippen LogP contribution in [0.1, 0.15) is 57.1 Å². The summed E-state index contributed by atoms with van der Waals surface area (Å²) in [5, 5.41) is 10.1. The van der Waals surface area contributed by atoms with Gasteiger partial charge in [0.15, 0.2) is 0 Å². The van der Waals surface area contributed by atoms with Crippen molar-refractivity contribution >= 4 is 0 Å². The monoisotopic (exact) mass is 342 g/mol. The van der Waals surface area contributed by atoms with Gasteiger partial charge in [-0.25, -0.2) is 0 Å². The molecule has 1 aromatic rings. The molecule has 0 amide bonds. The second-order valence-electron chi connectivity index (χ2n) is 8.43. The number of likely N-dealkylation sites (tertiary alicyclic amines) is 1. The molecule has 4 rings (SSSR count). The predicted molar refractivity (Wildman–Crippen MR) is 103 cm³/mol. The number of rotatable bonds is 5. The molecule has 0 spiro atoms. The van der Waals surface area contributed by atoms with Crippen molar-refractivity contribution in [2.24, 2.45) is 5.92 Å². The zero-order chi connectivity index (χ0) is 17.4. The third-order valence-corrected chi connectivity index (χ3v) is 7.53. The van der Waals surface area contributed by atoms with E-state index >= 15 is 0 Å². The van der Waals surface area contributed by atoms with E-state index in [-0.39, 0.29) is 0 Å². The van der Waals surface area contributed by atoms with E-state index in [0.717, 1.165) is 19.0 Å². The molecule has 1 N–H and O–H groups in total. The normalized spacial score (nSPS) is 31.6. The summed E-state index contributed by atoms with van der Waals surface area (Å²) in [4.78, 5) is 5.36. The number of nitrogens with zero attached hydrogens (tertiary/aromatic N) is 2. The molecule has 3 aliphatic rings. The highest BCUT2D eigenvalue weighted by Gasteiger charge is 2.53. The molecule has 2 fully saturated rings. The molecule has 0 aromatic heterocycles. The predicted octanol–water partition coefficient (Wildman–Crippen LogP) is 3.79. The summed E-state index contributed by atoms with van der Waals surface area (Å²) in [7, 11) is 0. The molecule has 3 heteroatoms. The lowest BCUT2D eigenvalue weighted by atomic mass is 9.52. The van der Waals surface area contributed by atoms with Crippen LogP contribution in [0.15, 0.2) is 18.2 Å². The summed E-state index contributed by atoms with van der Waals surface area (Å²) in [6.45, 7) is 10.5. The first kappa shape index (κ1) is 17.4. The van der Waals surface area contributed by atoms with Crippen LogP contribution < -0.4 is 0 Å². The molecule has 2 aliphatic carbocycles. The smallest absolute Gasteiger partial charge is 0.115 e. The zero-order valence-corrected chi connectivity index (χ0v) is 16.0. The Hall–Kier alpha value is -1.06. The zero-order valence-electron chi connectivity index (χ0n) is 16.0. The second-order valence-corrected chi connectivity index (χ2v) is 8.43. The fourth-order valence-corrected chi connectivity index (χ4v) is 6.16. The molecule has 0 unspecified atom stereocenters. The number of phenols is 1. The Labute approximate surface area is 153 Å². The number of phenolic OH excluding ortho intramolecular Hbond substituents is 1. The number of piperidine rings is 1. The van der Waals surface area contributed by atoms with E-state index in [1.165, 1.54) is 69.3 Å². The lowest BCUT2D eigenvalue weighted by Crippen LogP contribution is -2.61. The largest absolute Gasteiger partial charge is 0.508 e. The Balaban J connectivity index is 1.62. The Morgan fingerprint density at radius 3 is 2.84 bits per heavy atom. The summed E-state index contributed by atoms with van der Waals surface area (Å²) in [5.41, 5.74) is 3.35. The quantitative estimate of drug-likeness (QED) is 0.882. The number of benzene rings is 1. The van der Waals surface area contributed by atoms with Crippen LogP contribution in [0.3, 0.4) is 0 Å². The fraction of sp³-hybridized carbons (Fsp3) is 0.727. The van der Waals surface area contributed by atoms with Gasteiger partial charge in [0.1, 0.15) is 5.75 Å². The van der Waals surface area contributed by atoms with Crippen molar-refractivity contribution in [3.63, 3.8) is 0 Å². The minimum atomic E-state index is 0.348. The Bertz CT molecular complexity index is 612. The van der Waals surface area contributed by atoms with Gasteiger partial charge in [0.25, 0.3) is 0 Å². The third-order valence-electron chi connectivity index (χ3n) is 7.53. The number of hydrogen-bond acceptors (Lipinski definition) is 3. The van der Waals surface area contributed by atoms with E-state index in [1.54, 1.807) is 0 Å². The SMILES string of the molecule is CCN(CC)CCN1CC[C@]23CCCC[C@H]2[C@H]1Cc1ccc(O)cc13. The number of fused-ring (bicyclic) bond motifs is 1. The van der Waals surface area contributed by atoms with Crippen LogP contribution in [-0.2, 0) is 11.8 Å². The van der Waals surface area contributed by atoms with Gasteiger partial charge in [0.05, 0.1) is 0 Å². The molecule has 1 saturated carbocycles. The van der Waals surface area contributed by atoms with Gasteiger partial charge in [-0.15, -0.1) is 0 Å². The summed E-state index contributed by atoms with van der Waals surface area (Å²) < 4.78 is 0. The van der Waals surface area contributed by atoms with Crippen molar-refractivity contribution in [1.82, 2.24) is 9.80 Å². The third kappa shape index (κ3) is 2.90. The topological polar surface area (TPSA) is 26.7 Å². The molecule has 1 saturated heterocycles. The maximum absolute atomic E-state index is 10.1. The molecule has 2 bridgehead atoms. The molecule has 138 valence electrons. The highest BCUT2D eigenvalue weighted by Crippen LogP contribution is 2.56. The summed E-state index contributed by atoms with van der Waals surface area (Å²) in [5.74, 6) is 1.25. The highest BCUT2D eigenvalue weighted by atomic mass is 16.3. The number of likely N-dealkylation sites (N-methyl/N-ethyl adjacent to an activating group) is 1. The van der Waals surface area contributed by atoms with Gasteiger partial charge in [0, 0.05) is 24.5 Å². The Morgan fingerprint density at radius 1 is 1.20 bits per heavy atom. The first-order valence-corrected chi connectivity index (χ1v) is 10.5. The molecule has 1 aromatic carbocycles. The minimum Gasteiger partial charge on any atom is -0.508 e. The minimum absolute atomic E-state index is 0.348. The van der Waals surface area contributed by atoms with Gasteiger partial charge in [-0.05, 0) is 74.5 Å². The van der Waals surface area contributed by atoms with Crippen molar-refractivity contribution in [2.75, 3.05) is 32.7 Å². The van der Waals surface area contributed by atoms with E-state index in [0.29, 0.717) is 17.2 Å². The van der Waals surface area contributed by atoms with E-state index in [1.807, 2.05) is 6.07 Å². The van der Waals surface area contributed by atoms with Crippen LogP contribution in [0, 0.1) is 5.92 Å². The lowest BCUT2D eigenvalue weighted by molar-refractivity contribution is -0.0146. The molecule has 1 aliphatic heterocycles. The van der Waals surface area contributed by atoms with Crippen LogP contribution in [0.25, 0.3) is 0 Å². The Morgan fingerprint density at radius 2 is 2.04 bits per heavy atom. The van der Waals surface area contributed by atoms with E-state index in [4.69, 9.17) is 0 Å². The standard InChI is InChI=1S/C22H34N2O/c1-3-23(4-2)13-14-24-12-11-22-10-6-5-7-19(22)21(24)15-17-8-9-18(25)16-20(17)22/h8-9,16,19,21,25H,3-7,10-15H2,1-2H3/t19-,21+,22+/m0/s1. The van der Waals surface area contributed by atoms with Gasteiger partial charge in [-0.3, -0.25) is 4.90 Å². The maximum Gasteiger partial charge on any atom is 0.115 e. The van der Waals surface area contributed by atoms with Crippen LogP contribution in [-0.4, -0.2) is 53.7 Å². The lowest BCUT2D eigenvalue weighted by Gasteiger charge is -2.59. The summed E-state index contributed by atoms with van der Waals surface area (Å²) >= 11 is 0. The van der Waals surface area contributed by atoms with Gasteiger partial charge in [0.2, 0.25) is 0 Å². The fourth-order valence-electron chi connectivity index (χ4n) is 6.16. The average Bonchev–Trinajstić information content (AvgIpc) is 2.64. The summed E-state index contributed by atoms with van der Waals surface area (Å²) in [6, 6.07) is 6.92. The summed E-state index contributed by atoms with van der Waals surface area (Å²) in [6.07, 6.45) is 7.91. The van der Waals surface area contributed by atoms with Gasteiger partial charge >= 0.3 is 0 Å². The molecule has 3 nitrogen and oxygen atoms in total. The van der Waals surface area contributed by atoms with E-state index in [9.17, 15) is 5.11 Å². The van der Waals surface area contributed by atoms with Crippen LogP contribution in [0.5, 0.6) is 5.75 Å². The number of hydrogen-bond donors (Lipinski definition) is 1. The molecule has 25 heavy (non-hydrogen) atoms. The van der Waals surface area contributed by atoms with Crippen LogP contribution in [0.2, 0.25) is 0 Å². The first-order valence-electron chi connectivity index (χ1n) is 10.5. The van der Waals surface area contributed by atoms with E-state index < -0.39 is 0 Å². The van der Waals surface area contributed by atoms with Crippen LogP contribution >= 0.6 is 0 Å². The average molecular weight is 343 g/mol. The second kappa shape index (κ2) is 6.92. The number of aromatic hydroxyl groups is 1. The molecular weight excluding hydrogens is 308 g/mol.